The van der Waals surface area contributed by atoms with Crippen LogP contribution in [-0.4, -0.2) is 11.9 Å². The molecule has 1 amide bonds. The summed E-state index contributed by atoms with van der Waals surface area (Å²) in [5.74, 6) is 1.50. The fourth-order valence-electron chi connectivity index (χ4n) is 2.25. The third-order valence-electron chi connectivity index (χ3n) is 3.19. The van der Waals surface area contributed by atoms with E-state index in [-0.39, 0.29) is 5.91 Å². The molecule has 1 fully saturated rings. The molecule has 1 aliphatic carbocycles. The van der Waals surface area contributed by atoms with Crippen LogP contribution in [-0.2, 0) is 4.79 Å². The average molecular weight is 183 g/mol. The van der Waals surface area contributed by atoms with E-state index >= 15 is 0 Å². The molecule has 2 unspecified atom stereocenters. The van der Waals surface area contributed by atoms with Crippen molar-refractivity contribution < 1.29 is 4.79 Å². The van der Waals surface area contributed by atoms with Crippen LogP contribution in [0, 0.1) is 11.8 Å². The lowest BCUT2D eigenvalue weighted by Gasteiger charge is -2.35. The van der Waals surface area contributed by atoms with Gasteiger partial charge in [-0.3, -0.25) is 4.79 Å². The molecular formula is C11H21NO. The second-order valence-corrected chi connectivity index (χ2v) is 4.33. The SMILES string of the molecule is CCC(=O)NC1C(C)CCC[C@@H]1C. The normalized spacial score (nSPS) is 34.2. The van der Waals surface area contributed by atoms with Gasteiger partial charge in [0.1, 0.15) is 0 Å². The molecule has 0 aromatic rings. The highest BCUT2D eigenvalue weighted by molar-refractivity contribution is 5.75. The van der Waals surface area contributed by atoms with Crippen LogP contribution in [0.15, 0.2) is 0 Å². The van der Waals surface area contributed by atoms with E-state index in [2.05, 4.69) is 19.2 Å². The number of carbonyl (C=O) groups excluding carboxylic acids is 1. The van der Waals surface area contributed by atoms with Crippen LogP contribution < -0.4 is 5.32 Å². The highest BCUT2D eigenvalue weighted by Crippen LogP contribution is 2.28. The molecule has 1 rings (SSSR count). The van der Waals surface area contributed by atoms with Gasteiger partial charge in [0.25, 0.3) is 0 Å². The Labute approximate surface area is 81.1 Å². The maximum atomic E-state index is 11.3. The molecule has 3 atom stereocenters. The minimum atomic E-state index is 0.200. The Morgan fingerprint density at radius 1 is 1.31 bits per heavy atom. The van der Waals surface area contributed by atoms with E-state index in [4.69, 9.17) is 0 Å². The van der Waals surface area contributed by atoms with E-state index in [0.29, 0.717) is 24.3 Å². The van der Waals surface area contributed by atoms with Gasteiger partial charge in [0.05, 0.1) is 0 Å². The second-order valence-electron chi connectivity index (χ2n) is 4.33. The largest absolute Gasteiger partial charge is 0.353 e. The summed E-state index contributed by atoms with van der Waals surface area (Å²) in [4.78, 5) is 11.3. The Balaban J connectivity index is 2.48. The Hall–Kier alpha value is -0.530. The molecule has 0 bridgehead atoms. The number of hydrogen-bond donors (Lipinski definition) is 1. The zero-order valence-corrected chi connectivity index (χ0v) is 8.97. The van der Waals surface area contributed by atoms with Gasteiger partial charge in [0, 0.05) is 12.5 Å². The smallest absolute Gasteiger partial charge is 0.219 e. The van der Waals surface area contributed by atoms with Crippen LogP contribution in [0.4, 0.5) is 0 Å². The van der Waals surface area contributed by atoms with E-state index in [0.717, 1.165) is 0 Å². The van der Waals surface area contributed by atoms with Crippen molar-refractivity contribution in [3.05, 3.63) is 0 Å². The first-order valence-corrected chi connectivity index (χ1v) is 5.44. The molecule has 2 nitrogen and oxygen atoms in total. The number of rotatable bonds is 2. The molecule has 13 heavy (non-hydrogen) atoms. The number of amides is 1. The van der Waals surface area contributed by atoms with Gasteiger partial charge >= 0.3 is 0 Å². The van der Waals surface area contributed by atoms with Crippen LogP contribution >= 0.6 is 0 Å². The summed E-state index contributed by atoms with van der Waals surface area (Å²) < 4.78 is 0. The van der Waals surface area contributed by atoms with Crippen molar-refractivity contribution in [2.45, 2.75) is 52.5 Å². The zero-order valence-electron chi connectivity index (χ0n) is 8.97. The summed E-state index contributed by atoms with van der Waals surface area (Å²) >= 11 is 0. The number of nitrogens with one attached hydrogen (secondary N) is 1. The van der Waals surface area contributed by atoms with Crippen LogP contribution in [0.1, 0.15) is 46.5 Å². The Morgan fingerprint density at radius 2 is 1.85 bits per heavy atom. The summed E-state index contributed by atoms with van der Waals surface area (Å²) in [5.41, 5.74) is 0. The molecule has 0 saturated heterocycles. The van der Waals surface area contributed by atoms with Crippen molar-refractivity contribution in [2.75, 3.05) is 0 Å². The molecule has 0 radical (unpaired) electrons. The molecule has 2 heteroatoms. The van der Waals surface area contributed by atoms with Crippen molar-refractivity contribution in [3.8, 4) is 0 Å². The molecule has 0 aromatic carbocycles. The fourth-order valence-corrected chi connectivity index (χ4v) is 2.25. The maximum Gasteiger partial charge on any atom is 0.219 e. The van der Waals surface area contributed by atoms with Gasteiger partial charge in [-0.15, -0.1) is 0 Å². The Bertz CT molecular complexity index is 169. The summed E-state index contributed by atoms with van der Waals surface area (Å²) in [5, 5.41) is 3.13. The third-order valence-corrected chi connectivity index (χ3v) is 3.19. The molecule has 0 aromatic heterocycles. The van der Waals surface area contributed by atoms with Gasteiger partial charge in [-0.25, -0.2) is 0 Å². The number of hydrogen-bond acceptors (Lipinski definition) is 1. The summed E-state index contributed by atoms with van der Waals surface area (Å²) in [7, 11) is 0. The van der Waals surface area contributed by atoms with Crippen LogP contribution in [0.5, 0.6) is 0 Å². The van der Waals surface area contributed by atoms with Crippen molar-refractivity contribution in [3.63, 3.8) is 0 Å². The Kier molecular flexibility index (Phi) is 3.76. The molecule has 0 spiro atoms. The Morgan fingerprint density at radius 3 is 2.31 bits per heavy atom. The lowest BCUT2D eigenvalue weighted by atomic mass is 9.78. The number of carbonyl (C=O) groups is 1. The van der Waals surface area contributed by atoms with E-state index in [1.54, 1.807) is 0 Å². The first-order chi connectivity index (χ1) is 6.15. The van der Waals surface area contributed by atoms with Crippen molar-refractivity contribution >= 4 is 5.91 Å². The lowest BCUT2D eigenvalue weighted by Crippen LogP contribution is -2.45. The van der Waals surface area contributed by atoms with Gasteiger partial charge in [-0.2, -0.15) is 0 Å². The second kappa shape index (κ2) is 4.64. The van der Waals surface area contributed by atoms with Crippen molar-refractivity contribution in [1.82, 2.24) is 5.32 Å². The molecule has 0 aliphatic heterocycles. The van der Waals surface area contributed by atoms with E-state index in [1.807, 2.05) is 6.92 Å². The lowest BCUT2D eigenvalue weighted by molar-refractivity contribution is -0.122. The molecule has 1 saturated carbocycles. The van der Waals surface area contributed by atoms with Gasteiger partial charge in [-0.05, 0) is 24.7 Å². The van der Waals surface area contributed by atoms with Crippen LogP contribution in [0.3, 0.4) is 0 Å². The topological polar surface area (TPSA) is 29.1 Å². The minimum absolute atomic E-state index is 0.200. The van der Waals surface area contributed by atoms with E-state index in [1.165, 1.54) is 19.3 Å². The zero-order chi connectivity index (χ0) is 9.84. The predicted molar refractivity (Wildman–Crippen MR) is 54.4 cm³/mol. The van der Waals surface area contributed by atoms with E-state index in [9.17, 15) is 4.79 Å². The third kappa shape index (κ3) is 2.71. The molecule has 1 aliphatic rings. The first kappa shape index (κ1) is 10.6. The molecule has 1 N–H and O–H groups in total. The van der Waals surface area contributed by atoms with Gasteiger partial charge in [-0.1, -0.05) is 27.2 Å². The summed E-state index contributed by atoms with van der Waals surface area (Å²) in [6.07, 6.45) is 4.45. The monoisotopic (exact) mass is 183 g/mol. The quantitative estimate of drug-likeness (QED) is 0.699. The minimum Gasteiger partial charge on any atom is -0.353 e. The van der Waals surface area contributed by atoms with Gasteiger partial charge < -0.3 is 5.32 Å². The summed E-state index contributed by atoms with van der Waals surface area (Å²) in [6, 6.07) is 0.418. The van der Waals surface area contributed by atoms with Crippen LogP contribution in [0.2, 0.25) is 0 Å². The molecular weight excluding hydrogens is 162 g/mol. The van der Waals surface area contributed by atoms with Crippen molar-refractivity contribution in [1.29, 1.82) is 0 Å². The van der Waals surface area contributed by atoms with E-state index < -0.39 is 0 Å². The van der Waals surface area contributed by atoms with Gasteiger partial charge in [0.2, 0.25) is 5.91 Å². The fraction of sp³-hybridized carbons (Fsp3) is 0.909. The standard InChI is InChI=1S/C11H21NO/c1-4-10(13)12-11-8(2)6-5-7-9(11)3/h8-9,11H,4-7H2,1-3H3,(H,12,13)/t8-,9?,11?/m0/s1. The van der Waals surface area contributed by atoms with Crippen LogP contribution in [0.25, 0.3) is 0 Å². The van der Waals surface area contributed by atoms with Gasteiger partial charge in [0.15, 0.2) is 0 Å². The predicted octanol–water partition coefficient (Wildman–Crippen LogP) is 2.34. The average Bonchev–Trinajstić information content (AvgIpc) is 2.11. The maximum absolute atomic E-state index is 11.3. The van der Waals surface area contributed by atoms with Crippen molar-refractivity contribution in [2.24, 2.45) is 11.8 Å². The summed E-state index contributed by atoms with van der Waals surface area (Å²) in [6.45, 7) is 6.40. The molecule has 0 heterocycles. The first-order valence-electron chi connectivity index (χ1n) is 5.44. The highest BCUT2D eigenvalue weighted by Gasteiger charge is 2.28. The highest BCUT2D eigenvalue weighted by atomic mass is 16.1. The molecule has 76 valence electrons.